The molecule has 0 radical (unpaired) electrons. The number of hydrogen-bond acceptors (Lipinski definition) is 2. The number of nitrogens with one attached hydrogen (secondary N) is 2. The highest BCUT2D eigenvalue weighted by Gasteiger charge is 2.17. The second kappa shape index (κ2) is 7.57. The van der Waals surface area contributed by atoms with Crippen LogP contribution >= 0.6 is 15.9 Å². The predicted molar refractivity (Wildman–Crippen MR) is 79.7 cm³/mol. The topological polar surface area (TPSA) is 41.1 Å². The molecular weight excluding hydrogens is 330 g/mol. The number of rotatable bonds is 6. The van der Waals surface area contributed by atoms with Gasteiger partial charge in [-0.3, -0.25) is 4.79 Å². The van der Waals surface area contributed by atoms with Gasteiger partial charge in [0.15, 0.2) is 0 Å². The standard InChI is InChI=1S/C14H19BrF2N2O/c1-4-5-8(2)18-14(20)9(3)19-13-7-11(16)10(15)6-12(13)17/h6-9,19H,4-5H2,1-3H3,(H,18,20). The average molecular weight is 349 g/mol. The van der Waals surface area contributed by atoms with Crippen molar-refractivity contribution in [1.82, 2.24) is 5.32 Å². The van der Waals surface area contributed by atoms with Crippen molar-refractivity contribution < 1.29 is 13.6 Å². The Morgan fingerprint density at radius 3 is 2.55 bits per heavy atom. The predicted octanol–water partition coefficient (Wildman–Crippen LogP) is 3.83. The van der Waals surface area contributed by atoms with Crippen molar-refractivity contribution in [1.29, 1.82) is 0 Å². The fourth-order valence-electron chi connectivity index (χ4n) is 1.81. The third kappa shape index (κ3) is 4.74. The van der Waals surface area contributed by atoms with Crippen molar-refractivity contribution in [3.8, 4) is 0 Å². The van der Waals surface area contributed by atoms with Crippen LogP contribution in [0.4, 0.5) is 14.5 Å². The largest absolute Gasteiger partial charge is 0.371 e. The van der Waals surface area contributed by atoms with Gasteiger partial charge in [-0.15, -0.1) is 0 Å². The molecule has 0 spiro atoms. The number of carbonyl (C=O) groups excluding carboxylic acids is 1. The Hall–Kier alpha value is -1.17. The maximum atomic E-state index is 13.6. The van der Waals surface area contributed by atoms with Gasteiger partial charge >= 0.3 is 0 Å². The van der Waals surface area contributed by atoms with E-state index < -0.39 is 17.7 Å². The van der Waals surface area contributed by atoms with Gasteiger partial charge in [-0.05, 0) is 42.3 Å². The zero-order valence-corrected chi connectivity index (χ0v) is 13.4. The van der Waals surface area contributed by atoms with Crippen LogP contribution in [0.2, 0.25) is 0 Å². The first-order valence-corrected chi connectivity index (χ1v) is 7.35. The highest BCUT2D eigenvalue weighted by Crippen LogP contribution is 2.23. The molecule has 0 aromatic heterocycles. The summed E-state index contributed by atoms with van der Waals surface area (Å²) in [5, 5.41) is 5.50. The van der Waals surface area contributed by atoms with E-state index >= 15 is 0 Å². The van der Waals surface area contributed by atoms with Crippen LogP contribution in [0.3, 0.4) is 0 Å². The highest BCUT2D eigenvalue weighted by atomic mass is 79.9. The summed E-state index contributed by atoms with van der Waals surface area (Å²) in [6, 6.07) is 1.47. The molecule has 2 unspecified atom stereocenters. The minimum atomic E-state index is -0.649. The lowest BCUT2D eigenvalue weighted by Gasteiger charge is -2.19. The number of hydrogen-bond donors (Lipinski definition) is 2. The molecule has 2 N–H and O–H groups in total. The van der Waals surface area contributed by atoms with E-state index in [9.17, 15) is 13.6 Å². The number of halogens is 3. The summed E-state index contributed by atoms with van der Waals surface area (Å²) in [5.74, 6) is -1.44. The fourth-order valence-corrected chi connectivity index (χ4v) is 2.12. The van der Waals surface area contributed by atoms with Gasteiger partial charge in [0.25, 0.3) is 0 Å². The van der Waals surface area contributed by atoms with Gasteiger partial charge in [0.2, 0.25) is 5.91 Å². The third-order valence-corrected chi connectivity index (χ3v) is 3.49. The quantitative estimate of drug-likeness (QED) is 0.767. The molecule has 0 bridgehead atoms. The van der Waals surface area contributed by atoms with E-state index in [0.717, 1.165) is 25.0 Å². The van der Waals surface area contributed by atoms with Gasteiger partial charge in [0.05, 0.1) is 10.2 Å². The van der Waals surface area contributed by atoms with Crippen molar-refractivity contribution in [3.05, 3.63) is 28.2 Å². The van der Waals surface area contributed by atoms with Crippen LogP contribution < -0.4 is 10.6 Å². The van der Waals surface area contributed by atoms with Gasteiger partial charge in [0, 0.05) is 12.1 Å². The second-order valence-electron chi connectivity index (χ2n) is 4.81. The Morgan fingerprint density at radius 1 is 1.30 bits per heavy atom. The number of anilines is 1. The lowest BCUT2D eigenvalue weighted by molar-refractivity contribution is -0.122. The van der Waals surface area contributed by atoms with Crippen molar-refractivity contribution in [2.75, 3.05) is 5.32 Å². The molecule has 1 aromatic rings. The van der Waals surface area contributed by atoms with E-state index in [0.29, 0.717) is 0 Å². The molecule has 0 heterocycles. The Kier molecular flexibility index (Phi) is 6.39. The molecule has 20 heavy (non-hydrogen) atoms. The maximum Gasteiger partial charge on any atom is 0.242 e. The molecule has 0 aliphatic rings. The second-order valence-corrected chi connectivity index (χ2v) is 5.66. The number of benzene rings is 1. The minimum Gasteiger partial charge on any atom is -0.371 e. The summed E-state index contributed by atoms with van der Waals surface area (Å²) in [4.78, 5) is 11.9. The molecule has 1 rings (SSSR count). The summed E-state index contributed by atoms with van der Waals surface area (Å²) in [5.41, 5.74) is -0.0310. The van der Waals surface area contributed by atoms with Gasteiger partial charge < -0.3 is 10.6 Å². The van der Waals surface area contributed by atoms with Crippen molar-refractivity contribution in [2.24, 2.45) is 0 Å². The minimum absolute atomic E-state index is 0.0310. The Morgan fingerprint density at radius 2 is 1.95 bits per heavy atom. The van der Waals surface area contributed by atoms with Gasteiger partial charge in [-0.25, -0.2) is 8.78 Å². The molecule has 0 saturated heterocycles. The SMILES string of the molecule is CCCC(C)NC(=O)C(C)Nc1cc(F)c(Br)cc1F. The molecule has 0 aliphatic carbocycles. The molecule has 2 atom stereocenters. The van der Waals surface area contributed by atoms with E-state index in [4.69, 9.17) is 0 Å². The average Bonchev–Trinajstić information content (AvgIpc) is 2.35. The lowest BCUT2D eigenvalue weighted by Crippen LogP contribution is -2.42. The van der Waals surface area contributed by atoms with Crippen LogP contribution in [-0.4, -0.2) is 18.0 Å². The van der Waals surface area contributed by atoms with Crippen LogP contribution in [0.5, 0.6) is 0 Å². The van der Waals surface area contributed by atoms with Crippen LogP contribution in [0, 0.1) is 11.6 Å². The van der Waals surface area contributed by atoms with Gasteiger partial charge in [0.1, 0.15) is 17.7 Å². The number of amides is 1. The zero-order valence-electron chi connectivity index (χ0n) is 11.8. The summed E-state index contributed by atoms with van der Waals surface area (Å²) in [6.45, 7) is 5.55. The fraction of sp³-hybridized carbons (Fsp3) is 0.500. The number of carbonyl (C=O) groups is 1. The van der Waals surface area contributed by atoms with Gasteiger partial charge in [-0.1, -0.05) is 13.3 Å². The van der Waals surface area contributed by atoms with Crippen molar-refractivity contribution >= 4 is 27.5 Å². The summed E-state index contributed by atoms with van der Waals surface area (Å²) < 4.78 is 27.1. The van der Waals surface area contributed by atoms with E-state index in [1.807, 2.05) is 13.8 Å². The van der Waals surface area contributed by atoms with Crippen LogP contribution in [0.15, 0.2) is 16.6 Å². The first kappa shape index (κ1) is 16.9. The van der Waals surface area contributed by atoms with Crippen molar-refractivity contribution in [3.63, 3.8) is 0 Å². The molecule has 112 valence electrons. The molecule has 0 saturated carbocycles. The van der Waals surface area contributed by atoms with E-state index in [1.54, 1.807) is 6.92 Å². The molecule has 1 amide bonds. The molecular formula is C14H19BrF2N2O. The smallest absolute Gasteiger partial charge is 0.242 e. The Labute approximate surface area is 126 Å². The maximum absolute atomic E-state index is 13.6. The molecule has 0 aliphatic heterocycles. The van der Waals surface area contributed by atoms with Crippen LogP contribution in [-0.2, 0) is 4.79 Å². The van der Waals surface area contributed by atoms with Crippen LogP contribution in [0.25, 0.3) is 0 Å². The van der Waals surface area contributed by atoms with Gasteiger partial charge in [-0.2, -0.15) is 0 Å². The first-order chi connectivity index (χ1) is 9.35. The van der Waals surface area contributed by atoms with Crippen molar-refractivity contribution in [2.45, 2.75) is 45.7 Å². The third-order valence-electron chi connectivity index (χ3n) is 2.89. The lowest BCUT2D eigenvalue weighted by atomic mass is 10.2. The first-order valence-electron chi connectivity index (χ1n) is 6.56. The van der Waals surface area contributed by atoms with E-state index in [1.165, 1.54) is 0 Å². The monoisotopic (exact) mass is 348 g/mol. The van der Waals surface area contributed by atoms with E-state index in [2.05, 4.69) is 26.6 Å². The molecule has 3 nitrogen and oxygen atoms in total. The molecule has 0 fully saturated rings. The summed E-state index contributed by atoms with van der Waals surface area (Å²) >= 11 is 2.90. The Bertz CT molecular complexity index is 482. The van der Waals surface area contributed by atoms with E-state index in [-0.39, 0.29) is 22.1 Å². The van der Waals surface area contributed by atoms with Crippen LogP contribution in [0.1, 0.15) is 33.6 Å². The normalized spacial score (nSPS) is 13.7. The zero-order chi connectivity index (χ0) is 15.3. The molecule has 6 heteroatoms. The summed E-state index contributed by atoms with van der Waals surface area (Å²) in [6.07, 6.45) is 1.84. The summed E-state index contributed by atoms with van der Waals surface area (Å²) in [7, 11) is 0. The molecule has 1 aromatic carbocycles. The highest BCUT2D eigenvalue weighted by molar-refractivity contribution is 9.10. The Balaban J connectivity index is 2.68.